The third kappa shape index (κ3) is 5.78. The monoisotopic (exact) mass is 439 g/mol. The second-order valence-electron chi connectivity index (χ2n) is 7.29. The first-order chi connectivity index (χ1) is 15.5. The van der Waals surface area contributed by atoms with Crippen LogP contribution in [0.15, 0.2) is 60.1 Å². The van der Waals surface area contributed by atoms with Crippen molar-refractivity contribution in [3.8, 4) is 17.2 Å². The maximum absolute atomic E-state index is 14.5. The predicted octanol–water partition coefficient (Wildman–Crippen LogP) is 3.67. The molecule has 1 heterocycles. The number of nitrogens with one attached hydrogen (secondary N) is 1. The van der Waals surface area contributed by atoms with E-state index in [1.165, 1.54) is 6.07 Å². The third-order valence-corrected chi connectivity index (χ3v) is 5.09. The van der Waals surface area contributed by atoms with Crippen molar-refractivity contribution in [3.05, 3.63) is 72.1 Å². The van der Waals surface area contributed by atoms with Gasteiger partial charge >= 0.3 is 0 Å². The van der Waals surface area contributed by atoms with E-state index in [0.717, 1.165) is 42.3 Å². The highest BCUT2D eigenvalue weighted by Gasteiger charge is 2.10. The number of likely N-dealkylation sites (N-methyl/N-ethyl adjacent to an activating group) is 1. The molecule has 0 amide bonds. The Morgan fingerprint density at radius 3 is 2.56 bits per heavy atom. The number of hydrogen-bond acceptors (Lipinski definition) is 4. The lowest BCUT2D eigenvalue weighted by molar-refractivity contribution is 0.354. The summed E-state index contributed by atoms with van der Waals surface area (Å²) in [6, 6.07) is 11.1. The van der Waals surface area contributed by atoms with Gasteiger partial charge in [0.05, 0.1) is 32.8 Å². The van der Waals surface area contributed by atoms with Crippen LogP contribution in [0, 0.1) is 5.82 Å². The van der Waals surface area contributed by atoms with Gasteiger partial charge in [-0.05, 0) is 48.7 Å². The number of hydrogen-bond donors (Lipinski definition) is 1. The molecule has 0 radical (unpaired) electrons. The van der Waals surface area contributed by atoms with Gasteiger partial charge < -0.3 is 24.3 Å². The zero-order valence-electron chi connectivity index (χ0n) is 19.0. The molecule has 3 rings (SSSR count). The van der Waals surface area contributed by atoms with Gasteiger partial charge in [-0.3, -0.25) is 0 Å². The van der Waals surface area contributed by atoms with Crippen LogP contribution < -0.4 is 14.8 Å². The van der Waals surface area contributed by atoms with Crippen molar-refractivity contribution in [2.24, 2.45) is 4.99 Å². The lowest BCUT2D eigenvalue weighted by Crippen LogP contribution is -2.39. The van der Waals surface area contributed by atoms with Crippen LogP contribution in [0.2, 0.25) is 0 Å². The number of aromatic nitrogens is 2. The fourth-order valence-corrected chi connectivity index (χ4v) is 3.33. The van der Waals surface area contributed by atoms with Crippen LogP contribution in [0.4, 0.5) is 4.39 Å². The average molecular weight is 440 g/mol. The topological polar surface area (TPSA) is 63.9 Å². The van der Waals surface area contributed by atoms with E-state index in [0.29, 0.717) is 18.0 Å². The molecule has 7 nitrogen and oxygen atoms in total. The van der Waals surface area contributed by atoms with Gasteiger partial charge in [0.25, 0.3) is 0 Å². The van der Waals surface area contributed by atoms with Gasteiger partial charge in [0.2, 0.25) is 0 Å². The molecule has 0 aliphatic heterocycles. The highest BCUT2D eigenvalue weighted by Crippen LogP contribution is 2.27. The summed E-state index contributed by atoms with van der Waals surface area (Å²) < 4.78 is 26.9. The molecular formula is C24H30FN5O2. The molecule has 2 aromatic carbocycles. The molecule has 0 saturated carbocycles. The molecule has 1 aromatic heterocycles. The summed E-state index contributed by atoms with van der Waals surface area (Å²) in [5, 5.41) is 3.30. The molecule has 0 saturated heterocycles. The largest absolute Gasteiger partial charge is 0.493 e. The second-order valence-corrected chi connectivity index (χ2v) is 7.29. The molecule has 0 aliphatic carbocycles. The number of ether oxygens (including phenoxy) is 2. The van der Waals surface area contributed by atoms with E-state index in [9.17, 15) is 4.39 Å². The summed E-state index contributed by atoms with van der Waals surface area (Å²) in [5.41, 5.74) is 2.41. The number of nitrogens with zero attached hydrogens (tertiary/aromatic N) is 4. The van der Waals surface area contributed by atoms with Gasteiger partial charge in [0, 0.05) is 32.5 Å². The first-order valence-corrected chi connectivity index (χ1v) is 10.5. The number of halogens is 1. The number of methoxy groups -OCH3 is 2. The molecule has 32 heavy (non-hydrogen) atoms. The fraction of sp³-hybridized carbons (Fsp3) is 0.333. The molecule has 1 N–H and O–H groups in total. The highest BCUT2D eigenvalue weighted by atomic mass is 19.1. The Hall–Kier alpha value is -3.55. The lowest BCUT2D eigenvalue weighted by atomic mass is 10.1. The molecule has 8 heteroatoms. The van der Waals surface area contributed by atoms with Gasteiger partial charge in [0.1, 0.15) is 5.82 Å². The molecule has 0 atom stereocenters. The van der Waals surface area contributed by atoms with Crippen LogP contribution in [-0.4, -0.2) is 54.8 Å². The first kappa shape index (κ1) is 23.1. The Bertz CT molecular complexity index is 1040. The quantitative estimate of drug-likeness (QED) is 0.407. The number of rotatable bonds is 9. The molecular weight excluding hydrogens is 409 g/mol. The van der Waals surface area contributed by atoms with Crippen molar-refractivity contribution in [2.45, 2.75) is 19.9 Å². The van der Waals surface area contributed by atoms with Gasteiger partial charge in [-0.25, -0.2) is 14.4 Å². The standard InChI is InChI=1S/C24H30FN5O2/c1-5-27-24(29(2)12-10-18-7-9-22(31-3)23(15-18)32-4)28-16-19-6-8-21(20(25)14-19)30-13-11-26-17-30/h6-9,11,13-15,17H,5,10,12,16H2,1-4H3,(H,27,28). The average Bonchev–Trinajstić information content (AvgIpc) is 3.34. The Morgan fingerprint density at radius 1 is 1.12 bits per heavy atom. The summed E-state index contributed by atoms with van der Waals surface area (Å²) in [4.78, 5) is 10.7. The van der Waals surface area contributed by atoms with Gasteiger partial charge in [0.15, 0.2) is 17.5 Å². The van der Waals surface area contributed by atoms with Gasteiger partial charge in [-0.1, -0.05) is 12.1 Å². The van der Waals surface area contributed by atoms with Gasteiger partial charge in [-0.15, -0.1) is 0 Å². The molecule has 170 valence electrons. The number of benzene rings is 2. The van der Waals surface area contributed by atoms with Crippen LogP contribution in [-0.2, 0) is 13.0 Å². The van der Waals surface area contributed by atoms with E-state index >= 15 is 0 Å². The van der Waals surface area contributed by atoms with Crippen molar-refractivity contribution in [3.63, 3.8) is 0 Å². The minimum atomic E-state index is -0.303. The molecule has 0 bridgehead atoms. The minimum Gasteiger partial charge on any atom is -0.493 e. The summed E-state index contributed by atoms with van der Waals surface area (Å²) in [6.07, 6.45) is 5.73. The maximum atomic E-state index is 14.5. The maximum Gasteiger partial charge on any atom is 0.193 e. The second kappa shape index (κ2) is 11.2. The smallest absolute Gasteiger partial charge is 0.193 e. The molecule has 0 unspecified atom stereocenters. The minimum absolute atomic E-state index is 0.303. The van der Waals surface area contributed by atoms with E-state index in [1.807, 2.05) is 38.2 Å². The van der Waals surface area contributed by atoms with E-state index < -0.39 is 0 Å². The highest BCUT2D eigenvalue weighted by molar-refractivity contribution is 5.79. The van der Waals surface area contributed by atoms with E-state index in [1.54, 1.807) is 43.6 Å². The van der Waals surface area contributed by atoms with E-state index in [-0.39, 0.29) is 5.82 Å². The zero-order valence-corrected chi connectivity index (χ0v) is 19.0. The summed E-state index contributed by atoms with van der Waals surface area (Å²) in [5.74, 6) is 1.90. The van der Waals surface area contributed by atoms with Crippen molar-refractivity contribution in [1.82, 2.24) is 19.8 Å². The Kier molecular flexibility index (Phi) is 8.08. The van der Waals surface area contributed by atoms with Crippen LogP contribution in [0.3, 0.4) is 0 Å². The summed E-state index contributed by atoms with van der Waals surface area (Å²) in [7, 11) is 5.25. The van der Waals surface area contributed by atoms with E-state index in [4.69, 9.17) is 14.5 Å². The Morgan fingerprint density at radius 2 is 1.91 bits per heavy atom. The number of guanidine groups is 1. The van der Waals surface area contributed by atoms with Crippen LogP contribution in [0.25, 0.3) is 5.69 Å². The predicted molar refractivity (Wildman–Crippen MR) is 124 cm³/mol. The fourth-order valence-electron chi connectivity index (χ4n) is 3.33. The molecule has 0 fully saturated rings. The zero-order chi connectivity index (χ0) is 22.9. The summed E-state index contributed by atoms with van der Waals surface area (Å²) >= 11 is 0. The molecule has 0 spiro atoms. The van der Waals surface area contributed by atoms with Crippen molar-refractivity contribution in [2.75, 3.05) is 34.4 Å². The third-order valence-electron chi connectivity index (χ3n) is 5.09. The molecule has 0 aliphatic rings. The van der Waals surface area contributed by atoms with Crippen molar-refractivity contribution in [1.29, 1.82) is 0 Å². The van der Waals surface area contributed by atoms with Crippen LogP contribution >= 0.6 is 0 Å². The lowest BCUT2D eigenvalue weighted by Gasteiger charge is -2.22. The Balaban J connectivity index is 1.65. The number of aliphatic imine (C=N–C) groups is 1. The molecule has 3 aromatic rings. The Labute approximate surface area is 188 Å². The number of imidazole rings is 1. The van der Waals surface area contributed by atoms with Gasteiger partial charge in [-0.2, -0.15) is 0 Å². The van der Waals surface area contributed by atoms with Crippen molar-refractivity contribution >= 4 is 5.96 Å². The SMILES string of the molecule is CCNC(=NCc1ccc(-n2ccnc2)c(F)c1)N(C)CCc1ccc(OC)c(OC)c1. The van der Waals surface area contributed by atoms with E-state index in [2.05, 4.69) is 15.2 Å². The van der Waals surface area contributed by atoms with Crippen LogP contribution in [0.1, 0.15) is 18.1 Å². The summed E-state index contributed by atoms with van der Waals surface area (Å²) in [6.45, 7) is 3.91. The normalized spacial score (nSPS) is 11.3. The van der Waals surface area contributed by atoms with Crippen molar-refractivity contribution < 1.29 is 13.9 Å². The van der Waals surface area contributed by atoms with Crippen LogP contribution in [0.5, 0.6) is 11.5 Å². The first-order valence-electron chi connectivity index (χ1n) is 10.5.